The van der Waals surface area contributed by atoms with Crippen LogP contribution in [0, 0.1) is 5.82 Å². The van der Waals surface area contributed by atoms with Gasteiger partial charge in [-0.3, -0.25) is 4.68 Å². The molecule has 0 unspecified atom stereocenters. The molecule has 0 aliphatic carbocycles. The molecule has 0 radical (unpaired) electrons. The van der Waals surface area contributed by atoms with Gasteiger partial charge in [-0.15, -0.1) is 0 Å². The van der Waals surface area contributed by atoms with Gasteiger partial charge in [-0.25, -0.2) is 4.39 Å². The van der Waals surface area contributed by atoms with Crippen molar-refractivity contribution in [1.82, 2.24) is 9.78 Å². The number of nitrogens with one attached hydrogen (secondary N) is 1. The lowest BCUT2D eigenvalue weighted by Gasteiger charge is -2.08. The van der Waals surface area contributed by atoms with Crippen LogP contribution in [0.1, 0.15) is 18.3 Å². The normalized spacial score (nSPS) is 10.8. The predicted molar refractivity (Wildman–Crippen MR) is 79.0 cm³/mol. The van der Waals surface area contributed by atoms with Crippen molar-refractivity contribution in [3.8, 4) is 0 Å². The van der Waals surface area contributed by atoms with E-state index in [1.807, 2.05) is 14.0 Å². The Morgan fingerprint density at radius 3 is 2.84 bits per heavy atom. The van der Waals surface area contributed by atoms with E-state index in [0.717, 1.165) is 22.3 Å². The second-order valence-electron chi connectivity index (χ2n) is 4.16. The molecule has 0 atom stereocenters. The largest absolute Gasteiger partial charge is 0.377 e. The van der Waals surface area contributed by atoms with Crippen molar-refractivity contribution in [3.05, 3.63) is 44.9 Å². The zero-order chi connectivity index (χ0) is 14.0. The summed E-state index contributed by atoms with van der Waals surface area (Å²) in [6.07, 6.45) is 0.776. The quantitative estimate of drug-likeness (QED) is 0.901. The van der Waals surface area contributed by atoms with E-state index in [9.17, 15) is 4.39 Å². The van der Waals surface area contributed by atoms with Crippen LogP contribution in [0.3, 0.4) is 0 Å². The highest BCUT2D eigenvalue weighted by molar-refractivity contribution is 9.10. The van der Waals surface area contributed by atoms with Crippen LogP contribution in [-0.4, -0.2) is 9.78 Å². The molecule has 0 amide bonds. The number of aromatic nitrogens is 2. The Bertz CT molecular complexity index is 598. The summed E-state index contributed by atoms with van der Waals surface area (Å²) in [4.78, 5) is 0. The van der Waals surface area contributed by atoms with Crippen LogP contribution in [-0.2, 0) is 20.0 Å². The van der Waals surface area contributed by atoms with E-state index in [2.05, 4.69) is 26.3 Å². The van der Waals surface area contributed by atoms with Gasteiger partial charge in [-0.1, -0.05) is 34.5 Å². The Kier molecular flexibility index (Phi) is 4.47. The second-order valence-corrected chi connectivity index (χ2v) is 5.46. The van der Waals surface area contributed by atoms with Gasteiger partial charge < -0.3 is 5.32 Å². The molecule has 2 rings (SSSR count). The number of halogens is 3. The molecule has 3 nitrogen and oxygen atoms in total. The van der Waals surface area contributed by atoms with Crippen LogP contribution < -0.4 is 5.32 Å². The first-order valence-corrected chi connectivity index (χ1v) is 7.09. The lowest BCUT2D eigenvalue weighted by molar-refractivity contribution is 0.628. The lowest BCUT2D eigenvalue weighted by atomic mass is 10.2. The number of rotatable bonds is 4. The number of hydrogen-bond donors (Lipinski definition) is 1. The summed E-state index contributed by atoms with van der Waals surface area (Å²) in [7, 11) is 1.83. The summed E-state index contributed by atoms with van der Waals surface area (Å²) < 4.78 is 16.2. The minimum Gasteiger partial charge on any atom is -0.377 e. The Labute approximate surface area is 124 Å². The van der Waals surface area contributed by atoms with Crippen molar-refractivity contribution in [2.45, 2.75) is 19.9 Å². The van der Waals surface area contributed by atoms with E-state index < -0.39 is 0 Å². The van der Waals surface area contributed by atoms with Crippen molar-refractivity contribution in [2.75, 3.05) is 5.32 Å². The number of anilines is 1. The van der Waals surface area contributed by atoms with Gasteiger partial charge in [0, 0.05) is 11.5 Å². The molecule has 0 spiro atoms. The summed E-state index contributed by atoms with van der Waals surface area (Å²) in [5.41, 5.74) is 2.14. The van der Waals surface area contributed by atoms with Gasteiger partial charge in [-0.05, 0) is 24.6 Å². The van der Waals surface area contributed by atoms with Gasteiger partial charge in [0.1, 0.15) is 5.82 Å². The van der Waals surface area contributed by atoms with Gasteiger partial charge in [-0.2, -0.15) is 5.10 Å². The molecular formula is C13H14BrClFN3. The average Bonchev–Trinajstić information content (AvgIpc) is 2.66. The molecule has 1 aromatic carbocycles. The zero-order valence-electron chi connectivity index (χ0n) is 10.7. The van der Waals surface area contributed by atoms with Crippen LogP contribution in [0.25, 0.3) is 0 Å². The van der Waals surface area contributed by atoms with Crippen LogP contribution in [0.5, 0.6) is 0 Å². The summed E-state index contributed by atoms with van der Waals surface area (Å²) in [5, 5.41) is 8.01. The maximum atomic E-state index is 13.6. The van der Waals surface area contributed by atoms with Gasteiger partial charge in [0.05, 0.1) is 28.6 Å². The van der Waals surface area contributed by atoms with E-state index in [4.69, 9.17) is 11.6 Å². The number of hydrogen-bond acceptors (Lipinski definition) is 2. The summed E-state index contributed by atoms with van der Waals surface area (Å²) in [6, 6.07) is 4.77. The average molecular weight is 347 g/mol. The highest BCUT2D eigenvalue weighted by Gasteiger charge is 2.13. The molecule has 0 bridgehead atoms. The maximum Gasteiger partial charge on any atom is 0.146 e. The summed E-state index contributed by atoms with van der Waals surface area (Å²) >= 11 is 9.56. The van der Waals surface area contributed by atoms with Gasteiger partial charge in [0.2, 0.25) is 0 Å². The Balaban J connectivity index is 2.19. The van der Waals surface area contributed by atoms with Gasteiger partial charge in [0.15, 0.2) is 0 Å². The monoisotopic (exact) mass is 345 g/mol. The number of benzene rings is 1. The molecule has 6 heteroatoms. The Morgan fingerprint density at radius 2 is 2.21 bits per heavy atom. The smallest absolute Gasteiger partial charge is 0.146 e. The van der Waals surface area contributed by atoms with Crippen molar-refractivity contribution in [2.24, 2.45) is 7.05 Å². The van der Waals surface area contributed by atoms with Crippen molar-refractivity contribution in [3.63, 3.8) is 0 Å². The SMILES string of the molecule is CCc1nn(C)c(CNc2cc(Br)ccc2F)c1Cl. The molecular weight excluding hydrogens is 333 g/mol. The third-order valence-corrected chi connectivity index (χ3v) is 3.81. The predicted octanol–water partition coefficient (Wildman–Crippen LogP) is 4.15. The fourth-order valence-corrected chi connectivity index (χ4v) is 2.55. The van der Waals surface area contributed by atoms with Crippen LogP contribution in [0.15, 0.2) is 22.7 Å². The first-order chi connectivity index (χ1) is 9.02. The molecule has 0 fully saturated rings. The molecule has 2 aromatic rings. The Hall–Kier alpha value is -1.07. The lowest BCUT2D eigenvalue weighted by Crippen LogP contribution is -2.07. The molecule has 1 N–H and O–H groups in total. The van der Waals surface area contributed by atoms with E-state index >= 15 is 0 Å². The van der Waals surface area contributed by atoms with Gasteiger partial charge in [0.25, 0.3) is 0 Å². The molecule has 0 saturated carbocycles. The van der Waals surface area contributed by atoms with E-state index in [0.29, 0.717) is 17.3 Å². The van der Waals surface area contributed by atoms with Crippen molar-refractivity contribution < 1.29 is 4.39 Å². The minimum absolute atomic E-state index is 0.294. The summed E-state index contributed by atoms with van der Waals surface area (Å²) in [5.74, 6) is -0.294. The Morgan fingerprint density at radius 1 is 1.47 bits per heavy atom. The summed E-state index contributed by atoms with van der Waals surface area (Å²) in [6.45, 7) is 2.43. The number of aryl methyl sites for hydroxylation is 2. The third kappa shape index (κ3) is 3.09. The van der Waals surface area contributed by atoms with E-state index in [1.54, 1.807) is 16.8 Å². The standard InChI is InChI=1S/C13H14BrClFN3/c1-3-10-13(15)12(19(2)18-10)7-17-11-6-8(14)4-5-9(11)16/h4-6,17H,3,7H2,1-2H3. The molecule has 0 aliphatic rings. The topological polar surface area (TPSA) is 29.9 Å². The molecule has 0 saturated heterocycles. The van der Waals surface area contributed by atoms with Crippen molar-refractivity contribution in [1.29, 1.82) is 0 Å². The molecule has 1 heterocycles. The van der Waals surface area contributed by atoms with Crippen LogP contribution in [0.2, 0.25) is 5.02 Å². The number of nitrogens with zero attached hydrogens (tertiary/aromatic N) is 2. The molecule has 102 valence electrons. The van der Waals surface area contributed by atoms with Crippen molar-refractivity contribution >= 4 is 33.2 Å². The van der Waals surface area contributed by atoms with Crippen LogP contribution in [0.4, 0.5) is 10.1 Å². The third-order valence-electron chi connectivity index (χ3n) is 2.88. The highest BCUT2D eigenvalue weighted by atomic mass is 79.9. The first kappa shape index (κ1) is 14.3. The van der Waals surface area contributed by atoms with Crippen LogP contribution >= 0.6 is 27.5 Å². The highest BCUT2D eigenvalue weighted by Crippen LogP contribution is 2.24. The molecule has 0 aliphatic heterocycles. The molecule has 19 heavy (non-hydrogen) atoms. The van der Waals surface area contributed by atoms with E-state index in [-0.39, 0.29) is 5.82 Å². The minimum atomic E-state index is -0.294. The van der Waals surface area contributed by atoms with Gasteiger partial charge >= 0.3 is 0 Å². The zero-order valence-corrected chi connectivity index (χ0v) is 13.0. The maximum absolute atomic E-state index is 13.6. The first-order valence-electron chi connectivity index (χ1n) is 5.92. The second kappa shape index (κ2) is 5.92. The fraction of sp³-hybridized carbons (Fsp3) is 0.308. The molecule has 1 aromatic heterocycles. The fourth-order valence-electron chi connectivity index (χ4n) is 1.82. The van der Waals surface area contributed by atoms with E-state index in [1.165, 1.54) is 6.07 Å².